The molecule has 1 atom stereocenters. The van der Waals surface area contributed by atoms with Gasteiger partial charge in [0.15, 0.2) is 0 Å². The van der Waals surface area contributed by atoms with Gasteiger partial charge in [0.1, 0.15) is 23.0 Å². The van der Waals surface area contributed by atoms with Gasteiger partial charge < -0.3 is 25.4 Å². The molecule has 11 heteroatoms. The Bertz CT molecular complexity index is 1130. The van der Waals surface area contributed by atoms with E-state index in [1.54, 1.807) is 37.7 Å². The molecule has 0 spiro atoms. The highest BCUT2D eigenvalue weighted by Crippen LogP contribution is 2.27. The zero-order valence-electron chi connectivity index (χ0n) is 18.7. The monoisotopic (exact) mass is 483 g/mol. The number of rotatable bonds is 9. The van der Waals surface area contributed by atoms with Gasteiger partial charge in [0, 0.05) is 31.7 Å². The predicted octanol–water partition coefficient (Wildman–Crippen LogP) is 2.43. The second-order valence-electron chi connectivity index (χ2n) is 7.77. The maximum absolute atomic E-state index is 13.0. The summed E-state index contributed by atoms with van der Waals surface area (Å²) in [6.07, 6.45) is 6.55. The van der Waals surface area contributed by atoms with Crippen LogP contribution in [0.4, 0.5) is 11.8 Å². The van der Waals surface area contributed by atoms with Crippen LogP contribution in [-0.4, -0.2) is 57.3 Å². The molecule has 34 heavy (non-hydrogen) atoms. The molecule has 10 nitrogen and oxygen atoms in total. The number of hydrogen-bond donors (Lipinski definition) is 3. The van der Waals surface area contributed by atoms with Crippen LogP contribution in [0.3, 0.4) is 0 Å². The van der Waals surface area contributed by atoms with Crippen LogP contribution >= 0.6 is 11.6 Å². The Morgan fingerprint density at radius 2 is 2.09 bits per heavy atom. The van der Waals surface area contributed by atoms with Gasteiger partial charge in [-0.05, 0) is 36.6 Å². The van der Waals surface area contributed by atoms with E-state index in [9.17, 15) is 9.90 Å². The zero-order valence-corrected chi connectivity index (χ0v) is 19.5. The summed E-state index contributed by atoms with van der Waals surface area (Å²) in [5.41, 5.74) is 1.18. The third-order valence-electron chi connectivity index (χ3n) is 5.57. The van der Waals surface area contributed by atoms with Gasteiger partial charge in [0.05, 0.1) is 31.3 Å². The minimum absolute atomic E-state index is 0.0236. The number of ether oxygens (including phenoxy) is 1. The maximum Gasteiger partial charge on any atom is 0.256 e. The number of carbonyl (C=O) groups is 1. The van der Waals surface area contributed by atoms with E-state index in [0.717, 1.165) is 24.9 Å². The van der Waals surface area contributed by atoms with Crippen LogP contribution in [-0.2, 0) is 13.1 Å². The van der Waals surface area contributed by atoms with Crippen molar-refractivity contribution in [2.24, 2.45) is 0 Å². The third kappa shape index (κ3) is 5.52. The van der Waals surface area contributed by atoms with Crippen molar-refractivity contribution < 1.29 is 14.6 Å². The van der Waals surface area contributed by atoms with Crippen LogP contribution < -0.4 is 20.3 Å². The second kappa shape index (κ2) is 11.1. The number of amides is 1. The fourth-order valence-electron chi connectivity index (χ4n) is 3.78. The minimum Gasteiger partial charge on any atom is -0.495 e. The SMILES string of the molecule is COc1ccc(CNc2nc(N3CCC[C@@H]3CO)ncc2C(=O)NCc2ncccn2)cc1Cl. The largest absolute Gasteiger partial charge is 0.495 e. The van der Waals surface area contributed by atoms with Crippen molar-refractivity contribution in [2.75, 3.05) is 30.5 Å². The van der Waals surface area contributed by atoms with Gasteiger partial charge in [-0.2, -0.15) is 4.98 Å². The Morgan fingerprint density at radius 1 is 1.26 bits per heavy atom. The fraction of sp³-hybridized carbons (Fsp3) is 0.348. The third-order valence-corrected chi connectivity index (χ3v) is 5.86. The number of benzene rings is 1. The molecule has 178 valence electrons. The molecular weight excluding hydrogens is 458 g/mol. The van der Waals surface area contributed by atoms with Crippen LogP contribution in [0.2, 0.25) is 5.02 Å². The van der Waals surface area contributed by atoms with E-state index in [1.807, 2.05) is 11.0 Å². The summed E-state index contributed by atoms with van der Waals surface area (Å²) >= 11 is 6.25. The molecule has 0 unspecified atom stereocenters. The van der Waals surface area contributed by atoms with Crippen molar-refractivity contribution in [1.82, 2.24) is 25.3 Å². The molecule has 3 heterocycles. The molecule has 1 aromatic carbocycles. The summed E-state index contributed by atoms with van der Waals surface area (Å²) in [6, 6.07) is 7.14. The summed E-state index contributed by atoms with van der Waals surface area (Å²) in [7, 11) is 1.56. The highest BCUT2D eigenvalue weighted by Gasteiger charge is 2.27. The summed E-state index contributed by atoms with van der Waals surface area (Å²) in [5.74, 6) is 1.58. The Morgan fingerprint density at radius 3 is 2.82 bits per heavy atom. The number of halogens is 1. The van der Waals surface area contributed by atoms with E-state index in [1.165, 1.54) is 6.20 Å². The molecule has 0 radical (unpaired) electrons. The number of aliphatic hydroxyl groups is 1. The summed E-state index contributed by atoms with van der Waals surface area (Å²) in [5, 5.41) is 16.2. The first-order chi connectivity index (χ1) is 16.6. The average Bonchev–Trinajstić information content (AvgIpc) is 3.35. The van der Waals surface area contributed by atoms with Crippen molar-refractivity contribution >= 4 is 29.3 Å². The first-order valence-corrected chi connectivity index (χ1v) is 11.3. The Labute approximate surface area is 202 Å². The zero-order chi connectivity index (χ0) is 23.9. The van der Waals surface area contributed by atoms with Crippen molar-refractivity contribution in [1.29, 1.82) is 0 Å². The molecule has 1 aliphatic heterocycles. The van der Waals surface area contributed by atoms with Crippen molar-refractivity contribution in [3.63, 3.8) is 0 Å². The van der Waals surface area contributed by atoms with E-state index in [-0.39, 0.29) is 25.1 Å². The molecule has 0 saturated carbocycles. The lowest BCUT2D eigenvalue weighted by atomic mass is 10.2. The number of carbonyl (C=O) groups excluding carboxylic acids is 1. The summed E-state index contributed by atoms with van der Waals surface area (Å²) < 4.78 is 5.21. The molecule has 4 rings (SSSR count). The van der Waals surface area contributed by atoms with Crippen molar-refractivity contribution in [3.8, 4) is 5.75 Å². The van der Waals surface area contributed by atoms with Crippen LogP contribution in [0.1, 0.15) is 34.6 Å². The van der Waals surface area contributed by atoms with Crippen LogP contribution in [0.5, 0.6) is 5.75 Å². The van der Waals surface area contributed by atoms with Gasteiger partial charge in [-0.1, -0.05) is 17.7 Å². The van der Waals surface area contributed by atoms with E-state index < -0.39 is 0 Å². The molecule has 3 aromatic rings. The topological polar surface area (TPSA) is 125 Å². The standard InChI is InChI=1S/C23H26ClN7O3/c1-34-19-6-5-15(10-18(19)24)11-27-21-17(22(33)28-13-20-25-7-3-8-26-20)12-29-23(30-21)31-9-2-4-16(31)14-32/h3,5-8,10,12,16,32H,2,4,9,11,13-14H2,1H3,(H,28,33)(H,27,29,30)/t16-/m1/s1. The van der Waals surface area contributed by atoms with Gasteiger partial charge in [-0.3, -0.25) is 4.79 Å². The van der Waals surface area contributed by atoms with Crippen molar-refractivity contribution in [2.45, 2.75) is 32.0 Å². The van der Waals surface area contributed by atoms with Gasteiger partial charge in [-0.15, -0.1) is 0 Å². The molecule has 1 fully saturated rings. The Kier molecular flexibility index (Phi) is 7.71. The van der Waals surface area contributed by atoms with Gasteiger partial charge in [0.2, 0.25) is 5.95 Å². The molecule has 0 bridgehead atoms. The smallest absolute Gasteiger partial charge is 0.256 e. The van der Waals surface area contributed by atoms with Crippen LogP contribution in [0, 0.1) is 0 Å². The number of aromatic nitrogens is 4. The van der Waals surface area contributed by atoms with Crippen molar-refractivity contribution in [3.05, 3.63) is 64.8 Å². The molecule has 1 aliphatic rings. The fourth-order valence-corrected chi connectivity index (χ4v) is 4.06. The number of nitrogens with zero attached hydrogens (tertiary/aromatic N) is 5. The Balaban J connectivity index is 1.56. The Hall–Kier alpha value is -3.50. The van der Waals surface area contributed by atoms with Gasteiger partial charge in [-0.25, -0.2) is 15.0 Å². The maximum atomic E-state index is 13.0. The van der Waals surface area contributed by atoms with E-state index >= 15 is 0 Å². The molecule has 1 saturated heterocycles. The highest BCUT2D eigenvalue weighted by molar-refractivity contribution is 6.32. The first-order valence-electron chi connectivity index (χ1n) is 10.9. The summed E-state index contributed by atoms with van der Waals surface area (Å²) in [4.78, 5) is 32.2. The average molecular weight is 484 g/mol. The van der Waals surface area contributed by atoms with E-state index in [2.05, 4.69) is 30.6 Å². The minimum atomic E-state index is -0.352. The number of aliphatic hydroxyl groups excluding tert-OH is 1. The molecule has 1 amide bonds. The first kappa shape index (κ1) is 23.7. The highest BCUT2D eigenvalue weighted by atomic mass is 35.5. The van der Waals surface area contributed by atoms with Crippen LogP contribution in [0.25, 0.3) is 0 Å². The quantitative estimate of drug-likeness (QED) is 0.420. The number of methoxy groups -OCH3 is 1. The molecule has 2 aromatic heterocycles. The van der Waals surface area contributed by atoms with Crippen LogP contribution in [0.15, 0.2) is 42.9 Å². The van der Waals surface area contributed by atoms with E-state index in [0.29, 0.717) is 40.5 Å². The lowest BCUT2D eigenvalue weighted by molar-refractivity contribution is 0.0950. The number of hydrogen-bond acceptors (Lipinski definition) is 9. The van der Waals surface area contributed by atoms with Gasteiger partial charge in [0.25, 0.3) is 5.91 Å². The van der Waals surface area contributed by atoms with E-state index in [4.69, 9.17) is 16.3 Å². The predicted molar refractivity (Wildman–Crippen MR) is 128 cm³/mol. The summed E-state index contributed by atoms with van der Waals surface area (Å²) in [6.45, 7) is 1.32. The normalized spacial score (nSPS) is 15.3. The molecule has 0 aliphatic carbocycles. The number of nitrogens with one attached hydrogen (secondary N) is 2. The number of anilines is 2. The lowest BCUT2D eigenvalue weighted by Gasteiger charge is -2.24. The molecule has 3 N–H and O–H groups in total. The molecular formula is C23H26ClN7O3. The lowest BCUT2D eigenvalue weighted by Crippen LogP contribution is -2.34. The van der Waals surface area contributed by atoms with Gasteiger partial charge >= 0.3 is 0 Å². The second-order valence-corrected chi connectivity index (χ2v) is 8.18.